The molecule has 1 aromatic rings. The first-order valence-electron chi connectivity index (χ1n) is 5.62. The normalized spacial score (nSPS) is 29.7. The Hall–Kier alpha value is -1.57. The van der Waals surface area contributed by atoms with Crippen molar-refractivity contribution in [3.63, 3.8) is 0 Å². The van der Waals surface area contributed by atoms with E-state index in [4.69, 9.17) is 14.4 Å². The fourth-order valence-electron chi connectivity index (χ4n) is 2.02. The molecule has 0 bridgehead atoms. The first-order chi connectivity index (χ1) is 9.66. The number of aliphatic hydroxyl groups excluding tert-OH is 3. The van der Waals surface area contributed by atoms with Crippen LogP contribution in [0.25, 0.3) is 0 Å². The van der Waals surface area contributed by atoms with Crippen molar-refractivity contribution in [2.45, 2.75) is 29.6 Å². The molecule has 0 spiro atoms. The molecule has 1 saturated heterocycles. The number of hydrogen-bond acceptors (Lipinski definition) is 8. The average molecular weight is 324 g/mol. The van der Waals surface area contributed by atoms with Crippen molar-refractivity contribution in [1.29, 1.82) is 0 Å². The van der Waals surface area contributed by atoms with E-state index in [0.29, 0.717) is 6.07 Å². The first-order valence-corrected chi connectivity index (χ1v) is 7.06. The molecule has 5 N–H and O–H groups in total. The van der Waals surface area contributed by atoms with E-state index in [-0.39, 0.29) is 4.57 Å². The van der Waals surface area contributed by atoms with Crippen LogP contribution >= 0.6 is 0 Å². The van der Waals surface area contributed by atoms with Crippen LogP contribution in [0.15, 0.2) is 20.7 Å². The zero-order chi connectivity index (χ0) is 15.9. The molecule has 21 heavy (non-hydrogen) atoms. The van der Waals surface area contributed by atoms with Crippen LogP contribution in [0.5, 0.6) is 0 Å². The second-order valence-electron chi connectivity index (χ2n) is 4.35. The van der Waals surface area contributed by atoms with E-state index in [1.165, 1.54) is 0 Å². The van der Waals surface area contributed by atoms with Gasteiger partial charge in [0.1, 0.15) is 18.3 Å². The lowest BCUT2D eigenvalue weighted by molar-refractivity contribution is -0.0594. The zero-order valence-electron chi connectivity index (χ0n) is 10.3. The van der Waals surface area contributed by atoms with Crippen molar-refractivity contribution in [1.82, 2.24) is 9.55 Å². The van der Waals surface area contributed by atoms with E-state index in [2.05, 4.69) is 0 Å². The summed E-state index contributed by atoms with van der Waals surface area (Å²) in [5.41, 5.74) is -2.36. The molecule has 12 heteroatoms. The van der Waals surface area contributed by atoms with E-state index in [1.54, 1.807) is 4.98 Å². The summed E-state index contributed by atoms with van der Waals surface area (Å²) >= 11 is 0. The Balaban J connectivity index is 2.65. The van der Waals surface area contributed by atoms with Crippen molar-refractivity contribution >= 4 is 10.1 Å². The fraction of sp³-hybridized carbons (Fsp3) is 0.556. The highest BCUT2D eigenvalue weighted by atomic mass is 32.2. The number of rotatable bonds is 3. The lowest BCUT2D eigenvalue weighted by Crippen LogP contribution is -2.40. The van der Waals surface area contributed by atoms with Gasteiger partial charge in [0, 0.05) is 6.07 Å². The van der Waals surface area contributed by atoms with Crippen LogP contribution in [0.4, 0.5) is 0 Å². The van der Waals surface area contributed by atoms with Crippen LogP contribution in [0, 0.1) is 0 Å². The quantitative estimate of drug-likeness (QED) is 0.277. The number of ether oxygens (including phenoxy) is 1. The van der Waals surface area contributed by atoms with Gasteiger partial charge in [-0.1, -0.05) is 0 Å². The largest absolute Gasteiger partial charge is 0.394 e. The van der Waals surface area contributed by atoms with E-state index < -0.39 is 57.5 Å². The molecule has 4 atom stereocenters. The number of nitrogens with one attached hydrogen (secondary N) is 1. The predicted molar refractivity (Wildman–Crippen MR) is 64.1 cm³/mol. The molecule has 0 aliphatic carbocycles. The Morgan fingerprint density at radius 1 is 1.29 bits per heavy atom. The molecule has 11 nitrogen and oxygen atoms in total. The average Bonchev–Trinajstić information content (AvgIpc) is 2.64. The van der Waals surface area contributed by atoms with Gasteiger partial charge in [-0.3, -0.25) is 18.9 Å². The van der Waals surface area contributed by atoms with Crippen LogP contribution in [-0.2, 0) is 14.9 Å². The van der Waals surface area contributed by atoms with Crippen molar-refractivity contribution in [2.75, 3.05) is 6.61 Å². The minimum atomic E-state index is -4.97. The maximum absolute atomic E-state index is 11.7. The summed E-state index contributed by atoms with van der Waals surface area (Å²) in [6, 6.07) is 0.422. The number of aromatic nitrogens is 2. The van der Waals surface area contributed by atoms with Crippen molar-refractivity contribution < 1.29 is 33.0 Å². The van der Waals surface area contributed by atoms with Gasteiger partial charge in [0.25, 0.3) is 5.56 Å². The van der Waals surface area contributed by atoms with Gasteiger partial charge in [0.05, 0.1) is 6.61 Å². The molecule has 0 radical (unpaired) electrons. The predicted octanol–water partition coefficient (Wildman–Crippen LogP) is -3.61. The monoisotopic (exact) mass is 324 g/mol. The second-order valence-corrected chi connectivity index (χ2v) is 5.72. The van der Waals surface area contributed by atoms with Gasteiger partial charge in [-0.2, -0.15) is 8.42 Å². The van der Waals surface area contributed by atoms with Gasteiger partial charge in [-0.25, -0.2) is 4.79 Å². The molecule has 0 saturated carbocycles. The van der Waals surface area contributed by atoms with Gasteiger partial charge in [0.2, 0.25) is 0 Å². The van der Waals surface area contributed by atoms with Gasteiger partial charge >= 0.3 is 15.8 Å². The van der Waals surface area contributed by atoms with E-state index in [9.17, 15) is 28.2 Å². The summed E-state index contributed by atoms with van der Waals surface area (Å²) in [4.78, 5) is 24.6. The number of aliphatic hydroxyl groups is 3. The van der Waals surface area contributed by atoms with Gasteiger partial charge < -0.3 is 20.1 Å². The van der Waals surface area contributed by atoms with Crippen LogP contribution in [-0.4, -0.2) is 62.8 Å². The minimum Gasteiger partial charge on any atom is -0.394 e. The van der Waals surface area contributed by atoms with E-state index in [1.807, 2.05) is 0 Å². The standard InChI is InChI=1S/C9H12N2O9S/c12-2-3-6(14)7(15)8(20-3)11-5(21(17,18)19)1-4(13)10-9(11)16/h1,3,6-8,12,14-15H,2H2,(H,10,13,16)(H,17,18,19)/t3-,6?,7?,8-/m0/s1. The summed E-state index contributed by atoms with van der Waals surface area (Å²) in [5, 5.41) is 27.2. The van der Waals surface area contributed by atoms with Crippen LogP contribution in [0.2, 0.25) is 0 Å². The zero-order valence-corrected chi connectivity index (χ0v) is 11.1. The first kappa shape index (κ1) is 15.8. The van der Waals surface area contributed by atoms with Gasteiger partial charge in [-0.05, 0) is 0 Å². The van der Waals surface area contributed by atoms with E-state index >= 15 is 0 Å². The summed E-state index contributed by atoms with van der Waals surface area (Å²) in [6.07, 6.45) is -6.32. The fourth-order valence-corrected chi connectivity index (χ4v) is 2.71. The Morgan fingerprint density at radius 3 is 2.38 bits per heavy atom. The van der Waals surface area contributed by atoms with Gasteiger partial charge in [-0.15, -0.1) is 0 Å². The molecule has 1 aromatic heterocycles. The summed E-state index contributed by atoms with van der Waals surface area (Å²) < 4.78 is 36.8. The molecule has 2 heterocycles. The minimum absolute atomic E-state index is 0.278. The number of nitrogens with zero attached hydrogens (tertiary/aromatic N) is 1. The topological polar surface area (TPSA) is 179 Å². The second kappa shape index (κ2) is 5.32. The summed E-state index contributed by atoms with van der Waals surface area (Å²) in [7, 11) is -4.97. The highest BCUT2D eigenvalue weighted by Gasteiger charge is 2.45. The van der Waals surface area contributed by atoms with Crippen LogP contribution in [0.3, 0.4) is 0 Å². The molecule has 118 valence electrons. The number of aromatic amines is 1. The van der Waals surface area contributed by atoms with E-state index in [0.717, 1.165) is 0 Å². The summed E-state index contributed by atoms with van der Waals surface area (Å²) in [6.45, 7) is -0.700. The number of hydrogen-bond donors (Lipinski definition) is 5. The summed E-state index contributed by atoms with van der Waals surface area (Å²) in [5.74, 6) is 0. The Morgan fingerprint density at radius 2 is 1.90 bits per heavy atom. The van der Waals surface area contributed by atoms with Crippen molar-refractivity contribution in [3.8, 4) is 0 Å². The lowest BCUT2D eigenvalue weighted by Gasteiger charge is -2.19. The Labute approximate surface area is 116 Å². The maximum Gasteiger partial charge on any atom is 0.331 e. The third-order valence-corrected chi connectivity index (χ3v) is 3.82. The molecule has 2 rings (SSSR count). The highest BCUT2D eigenvalue weighted by Crippen LogP contribution is 2.29. The SMILES string of the molecule is O=c1cc(S(=O)(=O)O)n([C@H]2O[C@@H](CO)C(O)C2O)c(=O)[nH]1. The molecule has 1 fully saturated rings. The maximum atomic E-state index is 11.7. The third-order valence-electron chi connectivity index (χ3n) is 2.98. The highest BCUT2D eigenvalue weighted by molar-refractivity contribution is 7.85. The molecule has 0 amide bonds. The molecular weight excluding hydrogens is 312 g/mol. The molecule has 1 aliphatic heterocycles. The van der Waals surface area contributed by atoms with Crippen molar-refractivity contribution in [2.24, 2.45) is 0 Å². The van der Waals surface area contributed by atoms with Crippen LogP contribution in [0.1, 0.15) is 6.23 Å². The van der Waals surface area contributed by atoms with Crippen LogP contribution < -0.4 is 11.2 Å². The smallest absolute Gasteiger partial charge is 0.331 e. The molecule has 2 unspecified atom stereocenters. The Bertz CT molecular complexity index is 751. The molecular formula is C9H12N2O9S. The number of H-pyrrole nitrogens is 1. The van der Waals surface area contributed by atoms with Crippen molar-refractivity contribution in [3.05, 3.63) is 26.9 Å². The van der Waals surface area contributed by atoms with Gasteiger partial charge in [0.15, 0.2) is 11.3 Å². The molecule has 1 aliphatic rings. The molecule has 0 aromatic carbocycles. The third kappa shape index (κ3) is 2.76. The Kier molecular flexibility index (Phi) is 4.01. The lowest BCUT2D eigenvalue weighted by atomic mass is 10.1.